The van der Waals surface area contributed by atoms with Crippen molar-refractivity contribution < 1.29 is 19.1 Å². The number of alkyl carbamates (subject to hydrolysis) is 1. The Hall–Kier alpha value is -5.57. The number of fused-ring (bicyclic) bond motifs is 1. The van der Waals surface area contributed by atoms with Crippen LogP contribution in [0.1, 0.15) is 17.1 Å². The molecule has 0 atom stereocenters. The lowest BCUT2D eigenvalue weighted by Gasteiger charge is -2.14. The number of hydrogen-bond acceptors (Lipinski definition) is 8. The van der Waals surface area contributed by atoms with Gasteiger partial charge in [0, 0.05) is 12.3 Å². The summed E-state index contributed by atoms with van der Waals surface area (Å²) in [5.41, 5.74) is 4.06. The first-order valence-electron chi connectivity index (χ1n) is 12.9. The van der Waals surface area contributed by atoms with Gasteiger partial charge in [-0.05, 0) is 34.9 Å². The second kappa shape index (κ2) is 13.0. The molecule has 5 aromatic rings. The SMILES string of the molecule is COC(=O)/C(=C/c1nc(NCc2ccccn2)c2c(-c3ccccc3)cccc2n1)NC(=O)OCc1ccccc1. The lowest BCUT2D eigenvalue weighted by atomic mass is 10.0. The van der Waals surface area contributed by atoms with Gasteiger partial charge >= 0.3 is 12.1 Å². The predicted octanol–water partition coefficient (Wildman–Crippen LogP) is 5.74. The van der Waals surface area contributed by atoms with Gasteiger partial charge in [0.05, 0.1) is 30.3 Å². The highest BCUT2D eigenvalue weighted by Gasteiger charge is 2.18. The molecule has 0 saturated carbocycles. The van der Waals surface area contributed by atoms with Crippen LogP contribution in [0.5, 0.6) is 0 Å². The number of carbonyl (C=O) groups excluding carboxylic acids is 2. The minimum Gasteiger partial charge on any atom is -0.464 e. The monoisotopic (exact) mass is 545 g/mol. The number of benzene rings is 3. The van der Waals surface area contributed by atoms with Gasteiger partial charge in [0.1, 0.15) is 18.1 Å². The second-order valence-corrected chi connectivity index (χ2v) is 8.91. The Morgan fingerprint density at radius 3 is 2.34 bits per heavy atom. The number of nitrogens with zero attached hydrogens (tertiary/aromatic N) is 3. The van der Waals surface area contributed by atoms with Crippen LogP contribution in [0.25, 0.3) is 28.1 Å². The number of ether oxygens (including phenoxy) is 2. The highest BCUT2D eigenvalue weighted by molar-refractivity contribution is 6.02. The average Bonchev–Trinajstić information content (AvgIpc) is 3.03. The van der Waals surface area contributed by atoms with E-state index in [2.05, 4.69) is 15.6 Å². The first-order chi connectivity index (χ1) is 20.1. The summed E-state index contributed by atoms with van der Waals surface area (Å²) >= 11 is 0. The highest BCUT2D eigenvalue weighted by atomic mass is 16.6. The maximum atomic E-state index is 12.6. The zero-order valence-electron chi connectivity index (χ0n) is 22.3. The molecule has 0 fully saturated rings. The predicted molar refractivity (Wildman–Crippen MR) is 156 cm³/mol. The Kier molecular flexibility index (Phi) is 8.56. The first-order valence-corrected chi connectivity index (χ1v) is 12.9. The summed E-state index contributed by atoms with van der Waals surface area (Å²) in [6.45, 7) is 0.449. The Morgan fingerprint density at radius 2 is 1.61 bits per heavy atom. The smallest absolute Gasteiger partial charge is 0.412 e. The van der Waals surface area contributed by atoms with Gasteiger partial charge in [0.2, 0.25) is 0 Å². The maximum absolute atomic E-state index is 12.6. The van der Waals surface area contributed by atoms with Crippen LogP contribution in [-0.2, 0) is 27.4 Å². The largest absolute Gasteiger partial charge is 0.464 e. The quantitative estimate of drug-likeness (QED) is 0.178. The van der Waals surface area contributed by atoms with E-state index in [1.165, 1.54) is 13.2 Å². The molecule has 1 amide bonds. The van der Waals surface area contributed by atoms with Crippen LogP contribution in [-0.4, -0.2) is 34.1 Å². The van der Waals surface area contributed by atoms with Crippen molar-refractivity contribution in [3.8, 4) is 11.1 Å². The molecule has 9 heteroatoms. The molecule has 2 N–H and O–H groups in total. The summed E-state index contributed by atoms with van der Waals surface area (Å²) in [6, 6.07) is 30.6. The molecule has 204 valence electrons. The zero-order chi connectivity index (χ0) is 28.4. The molecule has 0 unspecified atom stereocenters. The Morgan fingerprint density at radius 1 is 0.854 bits per heavy atom. The minimum atomic E-state index is -0.814. The molecule has 0 aliphatic heterocycles. The molecule has 9 nitrogen and oxygen atoms in total. The number of amides is 1. The average molecular weight is 546 g/mol. The number of hydrogen-bond donors (Lipinski definition) is 2. The molecule has 2 heterocycles. The van der Waals surface area contributed by atoms with E-state index < -0.39 is 12.1 Å². The van der Waals surface area contributed by atoms with Crippen LogP contribution in [0.3, 0.4) is 0 Å². The summed E-state index contributed by atoms with van der Waals surface area (Å²) in [7, 11) is 1.22. The zero-order valence-corrected chi connectivity index (χ0v) is 22.3. The molecule has 3 aromatic carbocycles. The van der Waals surface area contributed by atoms with Crippen molar-refractivity contribution in [2.24, 2.45) is 0 Å². The van der Waals surface area contributed by atoms with Crippen molar-refractivity contribution in [1.82, 2.24) is 20.3 Å². The van der Waals surface area contributed by atoms with Gasteiger partial charge in [-0.3, -0.25) is 10.3 Å². The van der Waals surface area contributed by atoms with Crippen molar-refractivity contribution in [3.05, 3.63) is 126 Å². The summed E-state index contributed by atoms with van der Waals surface area (Å²) in [5, 5.41) is 6.65. The number of carbonyl (C=O) groups is 2. The van der Waals surface area contributed by atoms with E-state index in [4.69, 9.17) is 19.4 Å². The van der Waals surface area contributed by atoms with Gasteiger partial charge in [0.25, 0.3) is 0 Å². The standard InChI is InChI=1S/C32H27N5O4/c1-40-31(38)27(36-32(39)41-21-22-11-4-2-5-12-22)19-28-35-26-17-10-16-25(23-13-6-3-7-14-23)29(26)30(37-28)34-20-24-15-8-9-18-33-24/h2-19H,20-21H2,1H3,(H,36,39)(H,34,35,37)/b27-19-. The molecule has 0 spiro atoms. The molecule has 0 radical (unpaired) electrons. The molecule has 0 aliphatic rings. The van der Waals surface area contributed by atoms with Crippen LogP contribution in [0, 0.1) is 0 Å². The van der Waals surface area contributed by atoms with Gasteiger partial charge in [0.15, 0.2) is 5.82 Å². The Balaban J connectivity index is 1.51. The van der Waals surface area contributed by atoms with Gasteiger partial charge in [-0.1, -0.05) is 78.9 Å². The molecular formula is C32H27N5O4. The lowest BCUT2D eigenvalue weighted by Crippen LogP contribution is -2.28. The second-order valence-electron chi connectivity index (χ2n) is 8.91. The number of rotatable bonds is 9. The highest BCUT2D eigenvalue weighted by Crippen LogP contribution is 2.32. The number of methoxy groups -OCH3 is 1. The van der Waals surface area contributed by atoms with Gasteiger partial charge in [-0.15, -0.1) is 0 Å². The van der Waals surface area contributed by atoms with Crippen molar-refractivity contribution in [2.75, 3.05) is 12.4 Å². The fraction of sp³-hybridized carbons (Fsp3) is 0.0938. The van der Waals surface area contributed by atoms with E-state index in [9.17, 15) is 9.59 Å². The summed E-state index contributed by atoms with van der Waals surface area (Å²) in [6.07, 6.45) is 2.27. The molecule has 2 aromatic heterocycles. The van der Waals surface area contributed by atoms with Crippen molar-refractivity contribution in [2.45, 2.75) is 13.2 Å². The van der Waals surface area contributed by atoms with Crippen LogP contribution < -0.4 is 10.6 Å². The van der Waals surface area contributed by atoms with E-state index in [1.807, 2.05) is 97.1 Å². The Labute approximate surface area is 236 Å². The third kappa shape index (κ3) is 6.90. The number of anilines is 1. The maximum Gasteiger partial charge on any atom is 0.412 e. The van der Waals surface area contributed by atoms with E-state index in [1.54, 1.807) is 6.20 Å². The topological polar surface area (TPSA) is 115 Å². The molecule has 0 aliphatic carbocycles. The first kappa shape index (κ1) is 27.0. The third-order valence-electron chi connectivity index (χ3n) is 6.12. The fourth-order valence-corrected chi connectivity index (χ4v) is 4.18. The van der Waals surface area contributed by atoms with Gasteiger partial charge in [-0.2, -0.15) is 0 Å². The van der Waals surface area contributed by atoms with E-state index in [-0.39, 0.29) is 18.1 Å². The molecule has 0 bridgehead atoms. The van der Waals surface area contributed by atoms with Crippen molar-refractivity contribution >= 4 is 34.9 Å². The summed E-state index contributed by atoms with van der Waals surface area (Å²) < 4.78 is 10.2. The normalized spacial score (nSPS) is 11.1. The van der Waals surface area contributed by atoms with Crippen molar-refractivity contribution in [1.29, 1.82) is 0 Å². The third-order valence-corrected chi connectivity index (χ3v) is 6.12. The van der Waals surface area contributed by atoms with E-state index >= 15 is 0 Å². The lowest BCUT2D eigenvalue weighted by molar-refractivity contribution is -0.136. The van der Waals surface area contributed by atoms with Crippen LogP contribution in [0.15, 0.2) is 109 Å². The fourth-order valence-electron chi connectivity index (χ4n) is 4.18. The number of aromatic nitrogens is 3. The summed E-state index contributed by atoms with van der Waals surface area (Å²) in [4.78, 5) is 38.9. The van der Waals surface area contributed by atoms with E-state index in [0.29, 0.717) is 17.9 Å². The molecule has 0 saturated heterocycles. The van der Waals surface area contributed by atoms with Crippen LogP contribution in [0.2, 0.25) is 0 Å². The number of pyridine rings is 1. The van der Waals surface area contributed by atoms with Crippen LogP contribution in [0.4, 0.5) is 10.6 Å². The van der Waals surface area contributed by atoms with E-state index in [0.717, 1.165) is 27.8 Å². The molecule has 41 heavy (non-hydrogen) atoms. The van der Waals surface area contributed by atoms with Gasteiger partial charge in [-0.25, -0.2) is 19.6 Å². The van der Waals surface area contributed by atoms with Crippen LogP contribution >= 0.6 is 0 Å². The molecular weight excluding hydrogens is 518 g/mol. The number of nitrogens with one attached hydrogen (secondary N) is 2. The summed E-state index contributed by atoms with van der Waals surface area (Å²) in [5.74, 6) is -0.0383. The minimum absolute atomic E-state index is 0.0391. The van der Waals surface area contributed by atoms with Crippen molar-refractivity contribution in [3.63, 3.8) is 0 Å². The molecule has 5 rings (SSSR count). The van der Waals surface area contributed by atoms with Gasteiger partial charge < -0.3 is 14.8 Å². The number of esters is 1. The Bertz CT molecular complexity index is 1680.